The van der Waals surface area contributed by atoms with Gasteiger partial charge in [-0.1, -0.05) is 70.4 Å². The summed E-state index contributed by atoms with van der Waals surface area (Å²) in [5.74, 6) is -0.360. The number of unbranched alkanes of at least 4 members (excludes halogenated alkanes) is 3. The number of aliphatic hydroxyl groups excluding tert-OH is 1. The Bertz CT molecular complexity index is 1370. The highest BCUT2D eigenvalue weighted by Crippen LogP contribution is 2.43. The molecule has 42 heavy (non-hydrogen) atoms. The van der Waals surface area contributed by atoms with Crippen LogP contribution in [0.1, 0.15) is 90.7 Å². The van der Waals surface area contributed by atoms with Crippen molar-refractivity contribution in [3.8, 4) is 0 Å². The molecule has 2 aromatic carbocycles. The van der Waals surface area contributed by atoms with Crippen molar-refractivity contribution in [2.45, 2.75) is 85.0 Å². The number of esters is 1. The normalized spacial score (nSPS) is 16.6. The second kappa shape index (κ2) is 14.0. The van der Waals surface area contributed by atoms with E-state index in [-0.39, 0.29) is 23.9 Å². The number of benzene rings is 2. The monoisotopic (exact) mass is 571 g/mol. The predicted molar refractivity (Wildman–Crippen MR) is 171 cm³/mol. The van der Waals surface area contributed by atoms with Crippen LogP contribution in [0.3, 0.4) is 0 Å². The first kappa shape index (κ1) is 31.3. The number of ether oxygens (including phenoxy) is 1. The van der Waals surface area contributed by atoms with E-state index >= 15 is 0 Å². The summed E-state index contributed by atoms with van der Waals surface area (Å²) < 4.78 is 7.49. The van der Waals surface area contributed by atoms with E-state index in [4.69, 9.17) is 4.74 Å². The van der Waals surface area contributed by atoms with E-state index in [2.05, 4.69) is 62.3 Å². The van der Waals surface area contributed by atoms with Gasteiger partial charge < -0.3 is 14.7 Å². The Kier molecular flexibility index (Phi) is 10.4. The van der Waals surface area contributed by atoms with Gasteiger partial charge in [0.1, 0.15) is 12.2 Å². The third kappa shape index (κ3) is 6.53. The smallest absolute Gasteiger partial charge is 0.312 e. The molecule has 0 spiro atoms. The molecule has 0 saturated heterocycles. The van der Waals surface area contributed by atoms with Crippen LogP contribution >= 0.6 is 0 Å². The molecule has 0 saturated carbocycles. The van der Waals surface area contributed by atoms with Gasteiger partial charge in [-0.2, -0.15) is 4.58 Å². The quantitative estimate of drug-likeness (QED) is 0.103. The van der Waals surface area contributed by atoms with Crippen molar-refractivity contribution in [1.29, 1.82) is 0 Å². The van der Waals surface area contributed by atoms with Gasteiger partial charge >= 0.3 is 5.97 Å². The van der Waals surface area contributed by atoms with Crippen LogP contribution < -0.4 is 4.90 Å². The zero-order valence-electron chi connectivity index (χ0n) is 26.0. The number of allylic oxidation sites excluding steroid dienone is 3. The van der Waals surface area contributed by atoms with Crippen LogP contribution in [0, 0.1) is 0 Å². The van der Waals surface area contributed by atoms with Gasteiger partial charge in [-0.05, 0) is 50.8 Å². The molecule has 0 atom stereocenters. The SMILES string of the molecule is CCCCOC(=O)CC[N+]1=C(/C=C2\C(=O)C(c3ccc(N(CCCC)CCCC)cc3)=C2O)C(C)(C)c2ccccc21. The summed E-state index contributed by atoms with van der Waals surface area (Å²) in [6.07, 6.45) is 8.44. The van der Waals surface area contributed by atoms with E-state index in [0.717, 1.165) is 79.8 Å². The number of hydrogen-bond donors (Lipinski definition) is 1. The molecule has 2 aliphatic rings. The molecule has 1 aliphatic carbocycles. The summed E-state index contributed by atoms with van der Waals surface area (Å²) in [5.41, 5.74) is 5.17. The largest absolute Gasteiger partial charge is 0.506 e. The van der Waals surface area contributed by atoms with Gasteiger partial charge in [-0.15, -0.1) is 0 Å². The number of ketones is 1. The highest BCUT2D eigenvalue weighted by atomic mass is 16.5. The Balaban J connectivity index is 1.61. The average Bonchev–Trinajstić information content (AvgIpc) is 3.21. The molecule has 0 aromatic heterocycles. The van der Waals surface area contributed by atoms with E-state index in [1.807, 2.05) is 36.4 Å². The topological polar surface area (TPSA) is 69.9 Å². The van der Waals surface area contributed by atoms with Crippen molar-refractivity contribution < 1.29 is 24.0 Å². The molecule has 6 nitrogen and oxygen atoms in total. The number of nitrogens with zero attached hydrogens (tertiary/aromatic N) is 2. The summed E-state index contributed by atoms with van der Waals surface area (Å²) in [6.45, 7) is 13.6. The number of rotatable bonds is 15. The van der Waals surface area contributed by atoms with E-state index in [1.54, 1.807) is 0 Å². The number of anilines is 1. The Morgan fingerprint density at radius 1 is 0.952 bits per heavy atom. The fourth-order valence-electron chi connectivity index (χ4n) is 5.81. The van der Waals surface area contributed by atoms with Crippen LogP contribution in [0.25, 0.3) is 5.57 Å². The first-order valence-electron chi connectivity index (χ1n) is 15.7. The third-order valence-corrected chi connectivity index (χ3v) is 8.43. The first-order valence-corrected chi connectivity index (χ1v) is 15.7. The minimum Gasteiger partial charge on any atom is -0.506 e. The second-order valence-corrected chi connectivity index (χ2v) is 11.9. The minimum atomic E-state index is -0.409. The van der Waals surface area contributed by atoms with Crippen molar-refractivity contribution in [1.82, 2.24) is 0 Å². The number of carbonyl (C=O) groups excluding carboxylic acids is 2. The minimum absolute atomic E-state index is 0.0275. The fraction of sp³-hybridized carbons (Fsp3) is 0.472. The van der Waals surface area contributed by atoms with Crippen LogP contribution in [0.5, 0.6) is 0 Å². The molecule has 1 heterocycles. The van der Waals surface area contributed by atoms with Crippen molar-refractivity contribution in [3.05, 3.63) is 77.1 Å². The number of aliphatic hydroxyl groups is 1. The molecule has 1 aliphatic heterocycles. The number of hydrogen-bond acceptors (Lipinski definition) is 5. The van der Waals surface area contributed by atoms with Crippen molar-refractivity contribution in [3.63, 3.8) is 0 Å². The molecule has 0 radical (unpaired) electrons. The number of carbonyl (C=O) groups is 2. The van der Waals surface area contributed by atoms with Gasteiger partial charge in [-0.3, -0.25) is 9.59 Å². The lowest BCUT2D eigenvalue weighted by Crippen LogP contribution is -2.31. The van der Waals surface area contributed by atoms with Crippen LogP contribution in [-0.4, -0.2) is 53.4 Å². The number of fused-ring (bicyclic) bond motifs is 1. The van der Waals surface area contributed by atoms with Crippen LogP contribution in [0.2, 0.25) is 0 Å². The van der Waals surface area contributed by atoms with E-state index < -0.39 is 5.41 Å². The summed E-state index contributed by atoms with van der Waals surface area (Å²) in [5, 5.41) is 11.1. The van der Waals surface area contributed by atoms with Gasteiger partial charge in [0.25, 0.3) is 0 Å². The lowest BCUT2D eigenvalue weighted by Gasteiger charge is -2.26. The Morgan fingerprint density at radius 2 is 1.60 bits per heavy atom. The van der Waals surface area contributed by atoms with Crippen molar-refractivity contribution in [2.24, 2.45) is 0 Å². The van der Waals surface area contributed by atoms with Gasteiger partial charge in [0, 0.05) is 36.5 Å². The molecule has 4 rings (SSSR count). The Labute approximate surface area is 251 Å². The standard InChI is InChI=1S/C36H46N2O4/c1-6-9-21-37(22-10-7-2)27-18-16-26(17-19-27)33-34(40)28(35(33)41)25-31-36(4,5)29-14-12-13-15-30(29)38(31)23-20-32(39)42-24-11-8-3/h12-19,25H,6-11,20-24H2,1-5H3/p+1. The zero-order valence-corrected chi connectivity index (χ0v) is 26.0. The fourth-order valence-corrected chi connectivity index (χ4v) is 5.81. The average molecular weight is 572 g/mol. The van der Waals surface area contributed by atoms with Gasteiger partial charge in [0.2, 0.25) is 11.5 Å². The van der Waals surface area contributed by atoms with Crippen LogP contribution in [-0.2, 0) is 19.7 Å². The lowest BCUT2D eigenvalue weighted by molar-refractivity contribution is -0.436. The van der Waals surface area contributed by atoms with Gasteiger partial charge in [0.15, 0.2) is 12.3 Å². The molecule has 0 unspecified atom stereocenters. The Morgan fingerprint density at radius 3 is 2.21 bits per heavy atom. The molecule has 6 heteroatoms. The van der Waals surface area contributed by atoms with E-state index in [9.17, 15) is 14.7 Å². The molecule has 0 fully saturated rings. The molecule has 0 amide bonds. The number of Topliss-reactive ketones (excluding diaryl/α,β-unsaturated/α-hetero) is 1. The molecular formula is C36H47N2O4+. The van der Waals surface area contributed by atoms with Crippen molar-refractivity contribution in [2.75, 3.05) is 31.1 Å². The van der Waals surface area contributed by atoms with E-state index in [0.29, 0.717) is 24.3 Å². The van der Waals surface area contributed by atoms with E-state index in [1.165, 1.54) is 0 Å². The second-order valence-electron chi connectivity index (χ2n) is 11.9. The highest BCUT2D eigenvalue weighted by molar-refractivity contribution is 6.40. The zero-order chi connectivity index (χ0) is 30.3. The predicted octanol–water partition coefficient (Wildman–Crippen LogP) is 7.68. The maximum atomic E-state index is 13.5. The highest BCUT2D eigenvalue weighted by Gasteiger charge is 2.46. The third-order valence-electron chi connectivity index (χ3n) is 8.43. The summed E-state index contributed by atoms with van der Waals surface area (Å²) in [6, 6.07) is 16.1. The van der Waals surface area contributed by atoms with Crippen LogP contribution in [0.4, 0.5) is 11.4 Å². The summed E-state index contributed by atoms with van der Waals surface area (Å²) >= 11 is 0. The number of para-hydroxylation sites is 1. The maximum Gasteiger partial charge on any atom is 0.312 e. The molecular weight excluding hydrogens is 524 g/mol. The lowest BCUT2D eigenvalue weighted by atomic mass is 9.77. The van der Waals surface area contributed by atoms with Crippen LogP contribution in [0.15, 0.2) is 65.9 Å². The van der Waals surface area contributed by atoms with Gasteiger partial charge in [-0.25, -0.2) is 0 Å². The van der Waals surface area contributed by atoms with Crippen molar-refractivity contribution >= 4 is 34.4 Å². The molecule has 224 valence electrons. The summed E-state index contributed by atoms with van der Waals surface area (Å²) in [4.78, 5) is 28.3. The molecule has 1 N–H and O–H groups in total. The first-order chi connectivity index (χ1) is 20.2. The Hall–Kier alpha value is -3.67. The maximum absolute atomic E-state index is 13.5. The van der Waals surface area contributed by atoms with Gasteiger partial charge in [0.05, 0.1) is 23.2 Å². The summed E-state index contributed by atoms with van der Waals surface area (Å²) in [7, 11) is 0. The molecule has 0 bridgehead atoms. The molecule has 2 aromatic rings.